The van der Waals surface area contributed by atoms with E-state index in [1.807, 2.05) is 0 Å². The highest BCUT2D eigenvalue weighted by Crippen LogP contribution is 2.41. The Morgan fingerprint density at radius 1 is 1.26 bits per heavy atom. The average molecular weight is 456 g/mol. The summed E-state index contributed by atoms with van der Waals surface area (Å²) in [5, 5.41) is 2.18. The lowest BCUT2D eigenvalue weighted by molar-refractivity contribution is -0.137. The predicted octanol–water partition coefficient (Wildman–Crippen LogP) is 6.59. The van der Waals surface area contributed by atoms with E-state index in [4.69, 9.17) is 23.2 Å². The molecular formula is C12H6BrCl2F5N2S. The SMILES string of the molecule is C/C(F)=S(\F)c1cnn(-c2c(Cl)cc(C(F)(F)F)cc2Cl)c1Br. The minimum Gasteiger partial charge on any atom is -0.222 e. The third kappa shape index (κ3) is 3.72. The summed E-state index contributed by atoms with van der Waals surface area (Å²) in [5.74, 6) is 0. The Morgan fingerprint density at radius 2 is 1.78 bits per heavy atom. The lowest BCUT2D eigenvalue weighted by atomic mass is 10.2. The van der Waals surface area contributed by atoms with Gasteiger partial charge >= 0.3 is 6.18 Å². The molecule has 2 aromatic rings. The summed E-state index contributed by atoms with van der Waals surface area (Å²) >= 11 is 14.8. The Bertz CT molecular complexity index is 776. The molecule has 23 heavy (non-hydrogen) atoms. The van der Waals surface area contributed by atoms with Crippen LogP contribution in [0.4, 0.5) is 21.4 Å². The van der Waals surface area contributed by atoms with Gasteiger partial charge in [0.15, 0.2) is 5.12 Å². The quantitative estimate of drug-likeness (QED) is 0.283. The highest BCUT2D eigenvalue weighted by molar-refractivity contribution is 9.10. The predicted molar refractivity (Wildman–Crippen MR) is 85.0 cm³/mol. The van der Waals surface area contributed by atoms with Crippen LogP contribution in [0.1, 0.15) is 12.5 Å². The van der Waals surface area contributed by atoms with Gasteiger partial charge in [0, 0.05) is 0 Å². The molecule has 0 aliphatic rings. The maximum Gasteiger partial charge on any atom is 0.416 e. The number of aromatic nitrogens is 2. The molecule has 11 heteroatoms. The first-order valence-electron chi connectivity index (χ1n) is 5.73. The van der Waals surface area contributed by atoms with Crippen molar-refractivity contribution in [2.75, 3.05) is 0 Å². The maximum atomic E-state index is 13.8. The van der Waals surface area contributed by atoms with Crippen LogP contribution in [-0.2, 0) is 6.18 Å². The Kier molecular flexibility index (Phi) is 5.44. The van der Waals surface area contributed by atoms with E-state index >= 15 is 0 Å². The second-order valence-electron chi connectivity index (χ2n) is 4.22. The Labute approximate surface area is 148 Å². The highest BCUT2D eigenvalue weighted by Gasteiger charge is 2.32. The summed E-state index contributed by atoms with van der Waals surface area (Å²) < 4.78 is 66.0. The van der Waals surface area contributed by atoms with Crippen molar-refractivity contribution in [1.82, 2.24) is 9.78 Å². The molecule has 0 N–H and O–H groups in total. The van der Waals surface area contributed by atoms with Gasteiger partial charge in [-0.05, 0) is 35.0 Å². The van der Waals surface area contributed by atoms with Crippen molar-refractivity contribution in [2.45, 2.75) is 18.0 Å². The van der Waals surface area contributed by atoms with Crippen LogP contribution in [0.5, 0.6) is 0 Å². The van der Waals surface area contributed by atoms with E-state index in [2.05, 4.69) is 21.0 Å². The van der Waals surface area contributed by atoms with Gasteiger partial charge in [-0.25, -0.2) is 9.07 Å². The van der Waals surface area contributed by atoms with Crippen LogP contribution in [0.2, 0.25) is 10.0 Å². The van der Waals surface area contributed by atoms with Crippen molar-refractivity contribution in [2.24, 2.45) is 0 Å². The number of nitrogens with zero attached hydrogens (tertiary/aromatic N) is 2. The van der Waals surface area contributed by atoms with Gasteiger partial charge in [-0.1, -0.05) is 23.2 Å². The maximum absolute atomic E-state index is 13.8. The molecule has 0 saturated carbocycles. The monoisotopic (exact) mass is 454 g/mol. The first-order valence-corrected chi connectivity index (χ1v) is 8.41. The summed E-state index contributed by atoms with van der Waals surface area (Å²) in [7, 11) is -2.33. The van der Waals surface area contributed by atoms with Crippen LogP contribution < -0.4 is 0 Å². The number of halogens is 8. The molecule has 0 fully saturated rings. The molecule has 1 heterocycles. The van der Waals surface area contributed by atoms with Crippen molar-refractivity contribution < 1.29 is 21.4 Å². The number of hydrogen-bond acceptors (Lipinski definition) is 1. The lowest BCUT2D eigenvalue weighted by Crippen LogP contribution is -2.07. The average Bonchev–Trinajstić information content (AvgIpc) is 2.78. The van der Waals surface area contributed by atoms with Crippen LogP contribution in [0.15, 0.2) is 27.8 Å². The van der Waals surface area contributed by atoms with E-state index in [0.717, 1.165) is 17.8 Å². The molecular weight excluding hydrogens is 450 g/mol. The fraction of sp³-hybridized carbons (Fsp3) is 0.167. The number of benzene rings is 1. The van der Waals surface area contributed by atoms with E-state index in [-0.39, 0.29) is 25.2 Å². The van der Waals surface area contributed by atoms with Gasteiger partial charge < -0.3 is 0 Å². The molecule has 0 saturated heterocycles. The van der Waals surface area contributed by atoms with E-state index in [0.29, 0.717) is 12.1 Å². The molecule has 0 aliphatic carbocycles. The second kappa shape index (κ2) is 6.70. The van der Waals surface area contributed by atoms with Crippen molar-refractivity contribution in [3.05, 3.63) is 38.5 Å². The van der Waals surface area contributed by atoms with Crippen LogP contribution in [-0.4, -0.2) is 14.9 Å². The Morgan fingerprint density at radius 3 is 2.22 bits per heavy atom. The Hall–Kier alpha value is -0.640. The molecule has 1 aromatic heterocycles. The summed E-state index contributed by atoms with van der Waals surface area (Å²) in [5.41, 5.74) is -1.11. The summed E-state index contributed by atoms with van der Waals surface area (Å²) in [6.45, 7) is 0.963. The third-order valence-corrected chi connectivity index (χ3v) is 5.46. The van der Waals surface area contributed by atoms with Gasteiger partial charge in [-0.2, -0.15) is 22.2 Å². The van der Waals surface area contributed by atoms with Crippen LogP contribution in [0.3, 0.4) is 0 Å². The van der Waals surface area contributed by atoms with Crippen LogP contribution in [0, 0.1) is 0 Å². The lowest BCUT2D eigenvalue weighted by Gasteiger charge is -2.13. The fourth-order valence-corrected chi connectivity index (χ4v) is 3.80. The molecule has 1 unspecified atom stereocenters. The van der Waals surface area contributed by atoms with Gasteiger partial charge in [0.1, 0.15) is 10.3 Å². The van der Waals surface area contributed by atoms with Gasteiger partial charge in [-0.15, -0.1) is 0 Å². The summed E-state index contributed by atoms with van der Waals surface area (Å²) in [4.78, 5) is -0.114. The van der Waals surface area contributed by atoms with E-state index < -0.39 is 27.7 Å². The van der Waals surface area contributed by atoms with Crippen molar-refractivity contribution in [1.29, 1.82) is 0 Å². The smallest absolute Gasteiger partial charge is 0.222 e. The number of alkyl halides is 3. The van der Waals surface area contributed by atoms with Crippen LogP contribution >= 0.6 is 50.0 Å². The van der Waals surface area contributed by atoms with Crippen molar-refractivity contribution in [3.63, 3.8) is 0 Å². The first kappa shape index (κ1) is 18.7. The zero-order valence-corrected chi connectivity index (χ0v) is 15.0. The number of hydrogen-bond donors (Lipinski definition) is 0. The molecule has 1 aromatic carbocycles. The minimum absolute atomic E-state index is 0.00360. The van der Waals surface area contributed by atoms with E-state index in [1.165, 1.54) is 0 Å². The van der Waals surface area contributed by atoms with Gasteiger partial charge in [0.2, 0.25) is 0 Å². The molecule has 0 aliphatic heterocycles. The third-order valence-electron chi connectivity index (χ3n) is 2.68. The molecule has 1 atom stereocenters. The molecule has 0 amide bonds. The molecule has 0 spiro atoms. The fourth-order valence-electron chi connectivity index (χ4n) is 1.68. The highest BCUT2D eigenvalue weighted by atomic mass is 79.9. The van der Waals surface area contributed by atoms with Gasteiger partial charge in [0.05, 0.1) is 37.6 Å². The molecule has 2 rings (SSSR count). The molecule has 126 valence electrons. The van der Waals surface area contributed by atoms with E-state index in [9.17, 15) is 21.4 Å². The zero-order valence-electron chi connectivity index (χ0n) is 11.1. The molecule has 2 nitrogen and oxygen atoms in total. The minimum atomic E-state index is -4.62. The zero-order chi connectivity index (χ0) is 17.5. The van der Waals surface area contributed by atoms with E-state index in [1.54, 1.807) is 0 Å². The normalized spacial score (nSPS) is 14.0. The first-order chi connectivity index (χ1) is 10.5. The van der Waals surface area contributed by atoms with Crippen LogP contribution in [0.25, 0.3) is 5.69 Å². The number of rotatable bonds is 2. The Balaban J connectivity index is 2.63. The summed E-state index contributed by atoms with van der Waals surface area (Å²) in [6.07, 6.45) is -3.58. The molecule has 0 bridgehead atoms. The second-order valence-corrected chi connectivity index (χ2v) is 7.30. The van der Waals surface area contributed by atoms with Gasteiger partial charge in [0.25, 0.3) is 0 Å². The van der Waals surface area contributed by atoms with Crippen molar-refractivity contribution in [3.8, 4) is 5.69 Å². The molecule has 0 radical (unpaired) electrons. The topological polar surface area (TPSA) is 17.8 Å². The standard InChI is InChI=1S/C12H6BrCl2F5N2S/c1-5(16)23(20)9-4-21-22(11(9)13)10-7(14)2-6(3-8(10)15)12(17,18)19/h2-4H,1H3. The van der Waals surface area contributed by atoms with Gasteiger partial charge in [-0.3, -0.25) is 0 Å². The van der Waals surface area contributed by atoms with Crippen molar-refractivity contribution >= 4 is 55.1 Å². The largest absolute Gasteiger partial charge is 0.416 e. The summed E-state index contributed by atoms with van der Waals surface area (Å²) in [6, 6.07) is 1.36.